The van der Waals surface area contributed by atoms with Crippen LogP contribution in [0, 0.1) is 5.92 Å². The Morgan fingerprint density at radius 1 is 1.07 bits per heavy atom. The second-order valence-electron chi connectivity index (χ2n) is 8.96. The minimum absolute atomic E-state index is 0.0267. The summed E-state index contributed by atoms with van der Waals surface area (Å²) >= 11 is 1.60. The third-order valence-corrected chi connectivity index (χ3v) is 6.33. The largest absolute Gasteiger partial charge is 0.271 e. The van der Waals surface area contributed by atoms with Crippen molar-refractivity contribution in [2.75, 3.05) is 0 Å². The van der Waals surface area contributed by atoms with Gasteiger partial charge in [-0.1, -0.05) is 82.8 Å². The van der Waals surface area contributed by atoms with Crippen LogP contribution < -0.4 is 0 Å². The SMILES string of the molecule is CC(C)C1N=C2c3ccccc3N=C(SCc3ccc(C(C)(C)C)cc3)N2C1=O. The average molecular weight is 406 g/mol. The van der Waals surface area contributed by atoms with Gasteiger partial charge in [0, 0.05) is 11.3 Å². The predicted molar refractivity (Wildman–Crippen MR) is 122 cm³/mol. The van der Waals surface area contributed by atoms with Gasteiger partial charge in [-0.2, -0.15) is 0 Å². The van der Waals surface area contributed by atoms with E-state index in [0.717, 1.165) is 28.0 Å². The first-order chi connectivity index (χ1) is 13.8. The van der Waals surface area contributed by atoms with Crippen LogP contribution in [0.2, 0.25) is 0 Å². The van der Waals surface area contributed by atoms with Gasteiger partial charge in [-0.25, -0.2) is 9.89 Å². The zero-order valence-corrected chi connectivity index (χ0v) is 18.5. The molecule has 2 aromatic carbocycles. The maximum Gasteiger partial charge on any atom is 0.259 e. The lowest BCUT2D eigenvalue weighted by Crippen LogP contribution is -2.41. The Morgan fingerprint density at radius 2 is 1.76 bits per heavy atom. The van der Waals surface area contributed by atoms with Crippen molar-refractivity contribution in [3.63, 3.8) is 0 Å². The summed E-state index contributed by atoms with van der Waals surface area (Å²) in [5.74, 6) is 1.68. The third kappa shape index (κ3) is 3.76. The van der Waals surface area contributed by atoms with Gasteiger partial charge in [0.2, 0.25) is 0 Å². The van der Waals surface area contributed by atoms with Gasteiger partial charge < -0.3 is 0 Å². The highest BCUT2D eigenvalue weighted by Crippen LogP contribution is 2.35. The molecule has 0 spiro atoms. The number of para-hydroxylation sites is 1. The average Bonchev–Trinajstić information content (AvgIpc) is 3.04. The van der Waals surface area contributed by atoms with E-state index < -0.39 is 0 Å². The Kier molecular flexibility index (Phi) is 5.11. The van der Waals surface area contributed by atoms with Gasteiger partial charge in [0.15, 0.2) is 5.17 Å². The van der Waals surface area contributed by atoms with Crippen LogP contribution >= 0.6 is 11.8 Å². The van der Waals surface area contributed by atoms with E-state index in [1.165, 1.54) is 11.1 Å². The quantitative estimate of drug-likeness (QED) is 0.674. The molecule has 29 heavy (non-hydrogen) atoms. The molecular weight excluding hydrogens is 378 g/mol. The fraction of sp³-hybridized carbons (Fsp3) is 0.375. The van der Waals surface area contributed by atoms with Gasteiger partial charge >= 0.3 is 0 Å². The molecule has 2 aromatic rings. The van der Waals surface area contributed by atoms with Crippen molar-refractivity contribution < 1.29 is 4.79 Å². The minimum Gasteiger partial charge on any atom is -0.271 e. The number of hydrogen-bond donors (Lipinski definition) is 0. The zero-order valence-electron chi connectivity index (χ0n) is 17.6. The first-order valence-electron chi connectivity index (χ1n) is 10.1. The smallest absolute Gasteiger partial charge is 0.259 e. The number of thioether (sulfide) groups is 1. The van der Waals surface area contributed by atoms with Gasteiger partial charge in [0.1, 0.15) is 11.9 Å². The number of hydrogen-bond acceptors (Lipinski definition) is 4. The van der Waals surface area contributed by atoms with Crippen molar-refractivity contribution in [1.82, 2.24) is 4.90 Å². The van der Waals surface area contributed by atoms with Crippen LogP contribution in [-0.4, -0.2) is 27.9 Å². The van der Waals surface area contributed by atoms with Crippen LogP contribution in [0.3, 0.4) is 0 Å². The highest BCUT2D eigenvalue weighted by molar-refractivity contribution is 8.13. The van der Waals surface area contributed by atoms with Crippen molar-refractivity contribution in [2.24, 2.45) is 15.9 Å². The number of carbonyl (C=O) groups is 1. The molecule has 0 fully saturated rings. The molecule has 4 rings (SSSR count). The Hall–Kier alpha value is -2.40. The summed E-state index contributed by atoms with van der Waals surface area (Å²) in [5, 5.41) is 0.718. The van der Waals surface area contributed by atoms with Crippen LogP contribution in [0.1, 0.15) is 51.3 Å². The number of benzene rings is 2. The van der Waals surface area contributed by atoms with Gasteiger partial charge in [-0.05, 0) is 34.6 Å². The van der Waals surface area contributed by atoms with Crippen molar-refractivity contribution >= 4 is 34.4 Å². The van der Waals surface area contributed by atoms with Gasteiger partial charge in [0.05, 0.1) is 5.69 Å². The lowest BCUT2D eigenvalue weighted by atomic mass is 9.87. The number of amides is 1. The summed E-state index contributed by atoms with van der Waals surface area (Å²) < 4.78 is 0. The molecule has 2 aliphatic rings. The first-order valence-corrected chi connectivity index (χ1v) is 11.1. The van der Waals surface area contributed by atoms with Crippen molar-refractivity contribution in [3.05, 3.63) is 65.2 Å². The van der Waals surface area contributed by atoms with Crippen LogP contribution in [0.15, 0.2) is 58.5 Å². The number of amidine groups is 2. The Balaban J connectivity index is 1.61. The maximum atomic E-state index is 13.1. The van der Waals surface area contributed by atoms with E-state index >= 15 is 0 Å². The molecule has 2 aliphatic heterocycles. The molecule has 5 heteroatoms. The normalized spacial score (nSPS) is 18.5. The van der Waals surface area contributed by atoms with Crippen molar-refractivity contribution in [2.45, 2.75) is 51.8 Å². The highest BCUT2D eigenvalue weighted by atomic mass is 32.2. The topological polar surface area (TPSA) is 45.0 Å². The lowest BCUT2D eigenvalue weighted by molar-refractivity contribution is -0.125. The molecule has 1 atom stereocenters. The fourth-order valence-corrected chi connectivity index (χ4v) is 4.51. The molecule has 1 unspecified atom stereocenters. The Labute approximate surface area is 177 Å². The molecule has 0 aromatic heterocycles. The van der Waals surface area contributed by atoms with E-state index in [1.54, 1.807) is 16.7 Å². The molecule has 150 valence electrons. The standard InChI is InChI=1S/C24H27N3OS/c1-15(2)20-22(28)27-21(26-20)18-8-6-7-9-19(18)25-23(27)29-14-16-10-12-17(13-11-16)24(3,4)5/h6-13,15,20H,14H2,1-5H3. The number of nitrogens with zero attached hydrogens (tertiary/aromatic N) is 3. The maximum absolute atomic E-state index is 13.1. The van der Waals surface area contributed by atoms with Crippen LogP contribution in [0.25, 0.3) is 0 Å². The van der Waals surface area contributed by atoms with Crippen LogP contribution in [0.5, 0.6) is 0 Å². The summed E-state index contributed by atoms with van der Waals surface area (Å²) in [6.07, 6.45) is 0. The fourth-order valence-electron chi connectivity index (χ4n) is 3.55. The second kappa shape index (κ2) is 7.45. The van der Waals surface area contributed by atoms with E-state index in [0.29, 0.717) is 0 Å². The predicted octanol–water partition coefficient (Wildman–Crippen LogP) is 5.53. The molecule has 2 heterocycles. The van der Waals surface area contributed by atoms with Crippen LogP contribution in [-0.2, 0) is 16.0 Å². The summed E-state index contributed by atoms with van der Waals surface area (Å²) in [6, 6.07) is 16.3. The van der Waals surface area contributed by atoms with E-state index in [9.17, 15) is 4.79 Å². The Morgan fingerprint density at radius 3 is 2.41 bits per heavy atom. The van der Waals surface area contributed by atoms with E-state index in [-0.39, 0.29) is 23.3 Å². The Bertz CT molecular complexity index is 1000. The summed E-state index contributed by atoms with van der Waals surface area (Å²) in [6.45, 7) is 10.7. The van der Waals surface area contributed by atoms with Gasteiger partial charge in [-0.15, -0.1) is 0 Å². The van der Waals surface area contributed by atoms with Crippen molar-refractivity contribution in [1.29, 1.82) is 0 Å². The molecule has 1 amide bonds. The monoisotopic (exact) mass is 405 g/mol. The molecule has 0 saturated heterocycles. The highest BCUT2D eigenvalue weighted by Gasteiger charge is 2.42. The summed E-state index contributed by atoms with van der Waals surface area (Å²) in [7, 11) is 0. The third-order valence-electron chi connectivity index (χ3n) is 5.32. The molecule has 4 nitrogen and oxygen atoms in total. The summed E-state index contributed by atoms with van der Waals surface area (Å²) in [5.41, 5.74) is 4.49. The minimum atomic E-state index is -0.340. The van der Waals surface area contributed by atoms with Gasteiger partial charge in [-0.3, -0.25) is 9.79 Å². The van der Waals surface area contributed by atoms with E-state index in [4.69, 9.17) is 9.98 Å². The zero-order chi connectivity index (χ0) is 20.8. The summed E-state index contributed by atoms with van der Waals surface area (Å²) in [4.78, 5) is 24.4. The number of aliphatic imine (C=N–C) groups is 2. The molecule has 0 N–H and O–H groups in total. The van der Waals surface area contributed by atoms with Crippen LogP contribution in [0.4, 0.5) is 5.69 Å². The molecule has 0 radical (unpaired) electrons. The molecule has 0 aliphatic carbocycles. The molecule has 0 bridgehead atoms. The van der Waals surface area contributed by atoms with E-state index in [2.05, 4.69) is 45.0 Å². The first kappa shape index (κ1) is 19.9. The van der Waals surface area contributed by atoms with Gasteiger partial charge in [0.25, 0.3) is 5.91 Å². The molecular formula is C24H27N3OS. The number of rotatable bonds is 3. The molecule has 0 saturated carbocycles. The van der Waals surface area contributed by atoms with E-state index in [1.807, 2.05) is 38.1 Å². The number of carbonyl (C=O) groups excluding carboxylic acids is 1. The number of fused-ring (bicyclic) bond motifs is 3. The lowest BCUT2D eigenvalue weighted by Gasteiger charge is -2.26. The van der Waals surface area contributed by atoms with Crippen molar-refractivity contribution in [3.8, 4) is 0 Å². The second-order valence-corrected chi connectivity index (χ2v) is 9.90.